The Morgan fingerprint density at radius 1 is 1.22 bits per heavy atom. The minimum atomic E-state index is -0.923. The van der Waals surface area contributed by atoms with Crippen LogP contribution in [0.2, 0.25) is 0 Å². The number of nitrogens with one attached hydrogen (secondary N) is 2. The molecule has 1 atom stereocenters. The smallest absolute Gasteiger partial charge is 0.323 e. The van der Waals surface area contributed by atoms with Gasteiger partial charge in [0.05, 0.1) is 5.69 Å². The van der Waals surface area contributed by atoms with Crippen LogP contribution in [0.3, 0.4) is 0 Å². The van der Waals surface area contributed by atoms with Gasteiger partial charge in [-0.2, -0.15) is 0 Å². The highest BCUT2D eigenvalue weighted by molar-refractivity contribution is 9.10. The van der Waals surface area contributed by atoms with Crippen LogP contribution in [0, 0.1) is 6.92 Å². The van der Waals surface area contributed by atoms with Crippen molar-refractivity contribution in [3.63, 3.8) is 0 Å². The average molecular weight is 438 g/mol. The van der Waals surface area contributed by atoms with Gasteiger partial charge in [-0.1, -0.05) is 45.1 Å². The highest BCUT2D eigenvalue weighted by atomic mass is 79.9. The summed E-state index contributed by atoms with van der Waals surface area (Å²) in [5, 5.41) is 5.50. The first kappa shape index (κ1) is 21.4. The molecule has 0 aliphatic carbocycles. The fourth-order valence-electron chi connectivity index (χ4n) is 3.20. The van der Waals surface area contributed by atoms with Gasteiger partial charge in [0.25, 0.3) is 5.91 Å². The highest BCUT2D eigenvalue weighted by Gasteiger charge is 2.47. The zero-order valence-corrected chi connectivity index (χ0v) is 17.8. The summed E-state index contributed by atoms with van der Waals surface area (Å²) >= 11 is 3.40. The molecule has 2 rings (SSSR count). The van der Waals surface area contributed by atoms with Gasteiger partial charge in [-0.15, -0.1) is 0 Å². The van der Waals surface area contributed by atoms with E-state index in [0.29, 0.717) is 12.1 Å². The number of unbranched alkanes of at least 4 members (excludes halogenated alkanes) is 4. The minimum absolute atomic E-state index is 0.295. The Morgan fingerprint density at radius 3 is 2.59 bits per heavy atom. The Bertz CT molecular complexity index is 722. The van der Waals surface area contributed by atoms with Gasteiger partial charge >= 0.3 is 6.03 Å². The number of anilines is 1. The first-order valence-corrected chi connectivity index (χ1v) is 10.3. The SMILES string of the molecule is CCCCCCCC1(C)NC(=O)N(CC(=O)Nc2ccc(C)cc2Br)C1=O. The molecule has 0 radical (unpaired) electrons. The number of halogens is 1. The fraction of sp³-hybridized carbons (Fsp3) is 0.550. The number of hydrogen-bond acceptors (Lipinski definition) is 3. The van der Waals surface area contributed by atoms with E-state index in [4.69, 9.17) is 0 Å². The molecule has 4 amide bonds. The molecule has 1 aliphatic rings. The lowest BCUT2D eigenvalue weighted by Gasteiger charge is -2.21. The quantitative estimate of drug-likeness (QED) is 0.444. The first-order valence-electron chi connectivity index (χ1n) is 9.47. The zero-order valence-electron chi connectivity index (χ0n) is 16.2. The molecule has 2 N–H and O–H groups in total. The standard InChI is InChI=1S/C20H28BrN3O3/c1-4-5-6-7-8-11-20(3)18(26)24(19(27)23-20)13-17(25)22-16-10-9-14(2)12-15(16)21/h9-10,12H,4-8,11,13H2,1-3H3,(H,22,25)(H,23,27). The molecule has 6 nitrogen and oxygen atoms in total. The van der Waals surface area contributed by atoms with E-state index in [-0.39, 0.29) is 12.5 Å². The molecule has 7 heteroatoms. The van der Waals surface area contributed by atoms with Gasteiger partial charge in [0.15, 0.2) is 0 Å². The van der Waals surface area contributed by atoms with E-state index >= 15 is 0 Å². The van der Waals surface area contributed by atoms with E-state index in [0.717, 1.165) is 40.6 Å². The maximum Gasteiger partial charge on any atom is 0.325 e. The summed E-state index contributed by atoms with van der Waals surface area (Å²) in [5.41, 5.74) is 0.744. The Hall–Kier alpha value is -1.89. The maximum absolute atomic E-state index is 12.7. The molecule has 27 heavy (non-hydrogen) atoms. The number of benzene rings is 1. The summed E-state index contributed by atoms with van der Waals surface area (Å²) in [6.45, 7) is 5.55. The van der Waals surface area contributed by atoms with E-state index in [1.54, 1.807) is 13.0 Å². The molecule has 0 bridgehead atoms. The number of urea groups is 1. The summed E-state index contributed by atoms with van der Waals surface area (Å²) in [5.74, 6) is -0.739. The van der Waals surface area contributed by atoms with Gasteiger partial charge in [-0.05, 0) is 53.9 Å². The molecule has 1 aromatic rings. The predicted molar refractivity (Wildman–Crippen MR) is 110 cm³/mol. The Balaban J connectivity index is 1.93. The Morgan fingerprint density at radius 2 is 1.93 bits per heavy atom. The van der Waals surface area contributed by atoms with Crippen molar-refractivity contribution < 1.29 is 14.4 Å². The lowest BCUT2D eigenvalue weighted by Crippen LogP contribution is -2.44. The Kier molecular flexibility index (Phi) is 7.41. The number of carbonyl (C=O) groups excluding carboxylic acids is 3. The van der Waals surface area contributed by atoms with Crippen molar-refractivity contribution in [1.29, 1.82) is 0 Å². The van der Waals surface area contributed by atoms with Gasteiger partial charge < -0.3 is 10.6 Å². The highest BCUT2D eigenvalue weighted by Crippen LogP contribution is 2.25. The van der Waals surface area contributed by atoms with Crippen LogP contribution in [0.25, 0.3) is 0 Å². The molecule has 1 fully saturated rings. The molecule has 1 aliphatic heterocycles. The molecule has 1 saturated heterocycles. The Labute approximate surface area is 169 Å². The summed E-state index contributed by atoms with van der Waals surface area (Å²) in [6.07, 6.45) is 5.97. The second kappa shape index (κ2) is 9.35. The minimum Gasteiger partial charge on any atom is -0.323 e. The van der Waals surface area contributed by atoms with Crippen molar-refractivity contribution >= 4 is 39.5 Å². The van der Waals surface area contributed by atoms with Crippen LogP contribution in [0.1, 0.15) is 57.9 Å². The predicted octanol–water partition coefficient (Wildman–Crippen LogP) is 4.37. The average Bonchev–Trinajstić information content (AvgIpc) is 2.81. The van der Waals surface area contributed by atoms with Gasteiger partial charge in [-0.3, -0.25) is 14.5 Å². The largest absolute Gasteiger partial charge is 0.325 e. The monoisotopic (exact) mass is 437 g/mol. The summed E-state index contributed by atoms with van der Waals surface area (Å²) < 4.78 is 0.755. The van der Waals surface area contributed by atoms with Gasteiger partial charge in [0.2, 0.25) is 5.91 Å². The third-order valence-electron chi connectivity index (χ3n) is 4.83. The molecule has 1 heterocycles. The molecular formula is C20H28BrN3O3. The first-order chi connectivity index (χ1) is 12.8. The third-order valence-corrected chi connectivity index (χ3v) is 5.48. The summed E-state index contributed by atoms with van der Waals surface area (Å²) in [7, 11) is 0. The fourth-order valence-corrected chi connectivity index (χ4v) is 3.79. The van der Waals surface area contributed by atoms with E-state index in [1.807, 2.05) is 19.1 Å². The van der Waals surface area contributed by atoms with E-state index in [2.05, 4.69) is 33.5 Å². The maximum atomic E-state index is 12.7. The van der Waals surface area contributed by atoms with Gasteiger partial charge in [0.1, 0.15) is 12.1 Å². The van der Waals surface area contributed by atoms with E-state index < -0.39 is 17.5 Å². The van der Waals surface area contributed by atoms with Crippen LogP contribution in [0.5, 0.6) is 0 Å². The summed E-state index contributed by atoms with van der Waals surface area (Å²) in [4.78, 5) is 38.3. The molecule has 1 aromatic carbocycles. The number of nitrogens with zero attached hydrogens (tertiary/aromatic N) is 1. The van der Waals surface area contributed by atoms with Crippen LogP contribution >= 0.6 is 15.9 Å². The molecule has 148 valence electrons. The molecule has 1 unspecified atom stereocenters. The van der Waals surface area contributed by atoms with E-state index in [1.165, 1.54) is 6.42 Å². The molecule has 0 saturated carbocycles. The van der Waals surface area contributed by atoms with Crippen molar-refractivity contribution in [1.82, 2.24) is 10.2 Å². The van der Waals surface area contributed by atoms with Crippen LogP contribution < -0.4 is 10.6 Å². The molecule has 0 aromatic heterocycles. The summed E-state index contributed by atoms with van der Waals surface area (Å²) in [6, 6.07) is 5.04. The van der Waals surface area contributed by atoms with Crippen molar-refractivity contribution in [2.24, 2.45) is 0 Å². The van der Waals surface area contributed by atoms with Crippen LogP contribution in [0.4, 0.5) is 10.5 Å². The van der Waals surface area contributed by atoms with Gasteiger partial charge in [-0.25, -0.2) is 4.79 Å². The van der Waals surface area contributed by atoms with Crippen molar-refractivity contribution in [2.45, 2.75) is 64.8 Å². The normalized spacial score (nSPS) is 19.3. The van der Waals surface area contributed by atoms with Crippen molar-refractivity contribution in [3.05, 3.63) is 28.2 Å². The van der Waals surface area contributed by atoms with Crippen LogP contribution in [0.15, 0.2) is 22.7 Å². The zero-order chi connectivity index (χ0) is 20.0. The number of imide groups is 1. The second-order valence-electron chi connectivity index (χ2n) is 7.35. The lowest BCUT2D eigenvalue weighted by molar-refractivity contribution is -0.133. The van der Waals surface area contributed by atoms with Crippen molar-refractivity contribution in [3.8, 4) is 0 Å². The van der Waals surface area contributed by atoms with Crippen LogP contribution in [-0.2, 0) is 9.59 Å². The van der Waals surface area contributed by atoms with Gasteiger partial charge in [0, 0.05) is 4.47 Å². The van der Waals surface area contributed by atoms with Crippen LogP contribution in [-0.4, -0.2) is 34.8 Å². The second-order valence-corrected chi connectivity index (χ2v) is 8.20. The number of hydrogen-bond donors (Lipinski definition) is 2. The number of amides is 4. The topological polar surface area (TPSA) is 78.5 Å². The molecular weight excluding hydrogens is 410 g/mol. The number of aryl methyl sites for hydroxylation is 1. The number of carbonyl (C=O) groups is 3. The third kappa shape index (κ3) is 5.54. The lowest BCUT2D eigenvalue weighted by atomic mass is 9.94. The van der Waals surface area contributed by atoms with E-state index in [9.17, 15) is 14.4 Å². The van der Waals surface area contributed by atoms with Crippen molar-refractivity contribution in [2.75, 3.05) is 11.9 Å². The molecule has 0 spiro atoms. The number of rotatable bonds is 9.